The number of amides is 1. The highest BCUT2D eigenvalue weighted by Gasteiger charge is 2.07. The minimum absolute atomic E-state index is 0.276. The number of hydrogen-bond donors (Lipinski definition) is 1. The summed E-state index contributed by atoms with van der Waals surface area (Å²) in [5, 5.41) is 11.7. The van der Waals surface area contributed by atoms with Crippen LogP contribution in [0.3, 0.4) is 0 Å². The van der Waals surface area contributed by atoms with Crippen molar-refractivity contribution in [2.75, 3.05) is 5.32 Å². The molecule has 0 aliphatic rings. The maximum atomic E-state index is 12.9. The first-order valence-corrected chi connectivity index (χ1v) is 7.60. The van der Waals surface area contributed by atoms with Gasteiger partial charge in [-0.3, -0.25) is 10.1 Å². The first-order chi connectivity index (χ1) is 11.2. The Kier molecular flexibility index (Phi) is 4.58. The van der Waals surface area contributed by atoms with Crippen LogP contribution in [0.1, 0.15) is 16.3 Å². The van der Waals surface area contributed by atoms with Crippen molar-refractivity contribution in [3.8, 4) is 0 Å². The molecule has 1 amide bonds. The van der Waals surface area contributed by atoms with Gasteiger partial charge in [-0.1, -0.05) is 23.5 Å². The van der Waals surface area contributed by atoms with Crippen LogP contribution in [0.2, 0.25) is 0 Å². The molecule has 1 N–H and O–H groups in total. The molecule has 0 radical (unpaired) electrons. The standard InChI is InChI=1S/C16H12FN3O2S/c17-12-5-3-11(4-6-12)10-15-19-20-16(23-15)18-14(21)8-7-13-2-1-9-22-13/h1-9H,10H2,(H,18,20,21). The average molecular weight is 329 g/mol. The van der Waals surface area contributed by atoms with Crippen molar-refractivity contribution in [1.29, 1.82) is 0 Å². The molecule has 0 saturated heterocycles. The molecule has 23 heavy (non-hydrogen) atoms. The lowest BCUT2D eigenvalue weighted by Gasteiger charge is -1.96. The maximum Gasteiger partial charge on any atom is 0.250 e. The minimum atomic E-state index is -0.314. The molecule has 116 valence electrons. The van der Waals surface area contributed by atoms with Gasteiger partial charge in [0.25, 0.3) is 0 Å². The smallest absolute Gasteiger partial charge is 0.250 e. The average Bonchev–Trinajstić information content (AvgIpc) is 3.20. The zero-order valence-corrected chi connectivity index (χ0v) is 12.7. The van der Waals surface area contributed by atoms with Gasteiger partial charge in [0.15, 0.2) is 0 Å². The zero-order valence-electron chi connectivity index (χ0n) is 11.9. The second-order valence-corrected chi connectivity index (χ2v) is 5.70. The number of benzene rings is 1. The van der Waals surface area contributed by atoms with Crippen molar-refractivity contribution in [3.63, 3.8) is 0 Å². The summed E-state index contributed by atoms with van der Waals surface area (Å²) in [6.45, 7) is 0. The van der Waals surface area contributed by atoms with E-state index in [1.807, 2.05) is 0 Å². The third-order valence-corrected chi connectivity index (χ3v) is 3.75. The number of carbonyl (C=O) groups is 1. The minimum Gasteiger partial charge on any atom is -0.465 e. The molecule has 0 aliphatic heterocycles. The number of furan rings is 1. The van der Waals surface area contributed by atoms with Crippen LogP contribution in [0.4, 0.5) is 9.52 Å². The fraction of sp³-hybridized carbons (Fsp3) is 0.0625. The Bertz CT molecular complexity index is 810. The third kappa shape index (κ3) is 4.33. The van der Waals surface area contributed by atoms with Gasteiger partial charge in [0.2, 0.25) is 11.0 Å². The van der Waals surface area contributed by atoms with Crippen LogP contribution in [0.25, 0.3) is 6.08 Å². The highest BCUT2D eigenvalue weighted by atomic mass is 32.1. The number of rotatable bonds is 5. The molecule has 0 fully saturated rings. The second-order valence-electron chi connectivity index (χ2n) is 4.64. The van der Waals surface area contributed by atoms with Crippen molar-refractivity contribution in [3.05, 3.63) is 70.9 Å². The summed E-state index contributed by atoms with van der Waals surface area (Å²) in [5.74, 6) is 0.00241. The molecule has 0 spiro atoms. The van der Waals surface area contributed by atoms with E-state index in [1.165, 1.54) is 35.8 Å². The summed E-state index contributed by atoms with van der Waals surface area (Å²) >= 11 is 1.28. The van der Waals surface area contributed by atoms with Gasteiger partial charge >= 0.3 is 0 Å². The Morgan fingerprint density at radius 2 is 2.09 bits per heavy atom. The van der Waals surface area contributed by atoms with Crippen molar-refractivity contribution in [2.45, 2.75) is 6.42 Å². The molecule has 0 unspecified atom stereocenters. The Labute approximate surface area is 135 Å². The van der Waals surface area contributed by atoms with Gasteiger partial charge in [-0.2, -0.15) is 0 Å². The lowest BCUT2D eigenvalue weighted by Crippen LogP contribution is -2.07. The van der Waals surface area contributed by atoms with E-state index in [0.29, 0.717) is 17.3 Å². The van der Waals surface area contributed by atoms with E-state index in [2.05, 4.69) is 15.5 Å². The number of nitrogens with zero attached hydrogens (tertiary/aromatic N) is 2. The van der Waals surface area contributed by atoms with E-state index in [4.69, 9.17) is 4.42 Å². The highest BCUT2D eigenvalue weighted by molar-refractivity contribution is 7.15. The van der Waals surface area contributed by atoms with Crippen LogP contribution in [0, 0.1) is 5.82 Å². The fourth-order valence-corrected chi connectivity index (χ4v) is 2.62. The van der Waals surface area contributed by atoms with Gasteiger partial charge in [0.1, 0.15) is 16.6 Å². The summed E-state index contributed by atoms with van der Waals surface area (Å²) in [7, 11) is 0. The summed E-state index contributed by atoms with van der Waals surface area (Å²) < 4.78 is 18.0. The van der Waals surface area contributed by atoms with Gasteiger partial charge in [0, 0.05) is 12.5 Å². The van der Waals surface area contributed by atoms with Crippen LogP contribution >= 0.6 is 11.3 Å². The molecule has 5 nitrogen and oxygen atoms in total. The molecule has 0 atom stereocenters. The number of nitrogens with one attached hydrogen (secondary N) is 1. The second kappa shape index (κ2) is 6.97. The van der Waals surface area contributed by atoms with E-state index in [-0.39, 0.29) is 11.7 Å². The first-order valence-electron chi connectivity index (χ1n) is 6.78. The van der Waals surface area contributed by atoms with Crippen LogP contribution in [-0.2, 0) is 11.2 Å². The molecule has 3 rings (SSSR count). The molecule has 2 heterocycles. The lowest BCUT2D eigenvalue weighted by atomic mass is 10.2. The first kappa shape index (κ1) is 15.1. The summed E-state index contributed by atoms with van der Waals surface area (Å²) in [6.07, 6.45) is 5.00. The molecular formula is C16H12FN3O2S. The van der Waals surface area contributed by atoms with Crippen LogP contribution in [-0.4, -0.2) is 16.1 Å². The predicted octanol–water partition coefficient (Wildman–Crippen LogP) is 3.51. The van der Waals surface area contributed by atoms with Crippen LogP contribution in [0.5, 0.6) is 0 Å². The molecule has 0 saturated carbocycles. The van der Waals surface area contributed by atoms with E-state index < -0.39 is 0 Å². The zero-order chi connectivity index (χ0) is 16.1. The molecule has 0 bridgehead atoms. The molecule has 2 aromatic heterocycles. The van der Waals surface area contributed by atoms with Crippen molar-refractivity contribution < 1.29 is 13.6 Å². The predicted molar refractivity (Wildman–Crippen MR) is 85.5 cm³/mol. The van der Waals surface area contributed by atoms with E-state index in [0.717, 1.165) is 10.6 Å². The van der Waals surface area contributed by atoms with Gasteiger partial charge in [-0.05, 0) is 35.9 Å². The van der Waals surface area contributed by atoms with Gasteiger partial charge in [0.05, 0.1) is 6.26 Å². The number of carbonyl (C=O) groups excluding carboxylic acids is 1. The summed E-state index contributed by atoms with van der Waals surface area (Å²) in [6, 6.07) is 9.68. The van der Waals surface area contributed by atoms with Crippen molar-refractivity contribution in [2.24, 2.45) is 0 Å². The summed E-state index contributed by atoms with van der Waals surface area (Å²) in [5.41, 5.74) is 0.929. The van der Waals surface area contributed by atoms with Gasteiger partial charge < -0.3 is 4.42 Å². The highest BCUT2D eigenvalue weighted by Crippen LogP contribution is 2.18. The third-order valence-electron chi connectivity index (χ3n) is 2.91. The molecule has 0 aliphatic carbocycles. The molecular weight excluding hydrogens is 317 g/mol. The van der Waals surface area contributed by atoms with Gasteiger partial charge in [-0.15, -0.1) is 10.2 Å². The van der Waals surface area contributed by atoms with Crippen molar-refractivity contribution >= 4 is 28.5 Å². The number of anilines is 1. The van der Waals surface area contributed by atoms with E-state index in [9.17, 15) is 9.18 Å². The van der Waals surface area contributed by atoms with Gasteiger partial charge in [-0.25, -0.2) is 4.39 Å². The number of aromatic nitrogens is 2. The largest absolute Gasteiger partial charge is 0.465 e. The molecule has 1 aromatic carbocycles. The number of halogens is 1. The Hall–Kier alpha value is -2.80. The van der Waals surface area contributed by atoms with E-state index in [1.54, 1.807) is 30.3 Å². The van der Waals surface area contributed by atoms with E-state index >= 15 is 0 Å². The summed E-state index contributed by atoms with van der Waals surface area (Å²) in [4.78, 5) is 11.8. The molecule has 7 heteroatoms. The topological polar surface area (TPSA) is 68.0 Å². The van der Waals surface area contributed by atoms with Crippen LogP contribution in [0.15, 0.2) is 53.2 Å². The number of hydrogen-bond acceptors (Lipinski definition) is 5. The fourth-order valence-electron chi connectivity index (χ4n) is 1.84. The quantitative estimate of drug-likeness (QED) is 0.727. The Morgan fingerprint density at radius 1 is 1.26 bits per heavy atom. The lowest BCUT2D eigenvalue weighted by molar-refractivity contribution is -0.111. The molecule has 3 aromatic rings. The maximum absolute atomic E-state index is 12.9. The Morgan fingerprint density at radius 3 is 2.83 bits per heavy atom. The SMILES string of the molecule is O=C(C=Cc1ccco1)Nc1nnc(Cc2ccc(F)cc2)s1. The monoisotopic (exact) mass is 329 g/mol. The normalized spacial score (nSPS) is 11.0. The van der Waals surface area contributed by atoms with Crippen molar-refractivity contribution in [1.82, 2.24) is 10.2 Å². The Balaban J connectivity index is 1.58. The van der Waals surface area contributed by atoms with Crippen LogP contribution < -0.4 is 5.32 Å².